The predicted octanol–water partition coefficient (Wildman–Crippen LogP) is 4.31. The zero-order chi connectivity index (χ0) is 20.6. The van der Waals surface area contributed by atoms with Crippen LogP contribution in [0.4, 0.5) is 0 Å². The first-order valence-electron chi connectivity index (χ1n) is 10.0. The molecule has 2 aromatic heterocycles. The average molecular weight is 388 g/mol. The molecule has 0 amide bonds. The molecule has 5 heteroatoms. The van der Waals surface area contributed by atoms with Gasteiger partial charge in [-0.2, -0.15) is 5.10 Å². The van der Waals surface area contributed by atoms with E-state index in [4.69, 9.17) is 0 Å². The first-order valence-corrected chi connectivity index (χ1v) is 10.0. The van der Waals surface area contributed by atoms with Crippen LogP contribution in [0.5, 0.6) is 0 Å². The van der Waals surface area contributed by atoms with Crippen LogP contribution < -0.4 is 5.32 Å². The Bertz CT molecular complexity index is 1010. The Morgan fingerprint density at radius 3 is 2.90 bits per heavy atom. The lowest BCUT2D eigenvalue weighted by atomic mass is 10.0. The number of aromatic nitrogens is 3. The molecule has 0 aliphatic rings. The molecule has 0 fully saturated rings. The topological polar surface area (TPSA) is 56.8 Å². The Labute approximate surface area is 173 Å². The molecule has 0 bridgehead atoms. The van der Waals surface area contributed by atoms with Crippen LogP contribution >= 0.6 is 0 Å². The number of H-pyrrole nitrogens is 1. The Kier molecular flexibility index (Phi) is 7.04. The number of aromatic amines is 1. The Morgan fingerprint density at radius 2 is 2.17 bits per heavy atom. The first-order chi connectivity index (χ1) is 14.1. The van der Waals surface area contributed by atoms with Crippen molar-refractivity contribution in [2.24, 2.45) is 0 Å². The Morgan fingerprint density at radius 1 is 1.31 bits per heavy atom. The third-order valence-corrected chi connectivity index (χ3v) is 5.10. The maximum Gasteiger partial charge on any atom is 0.115 e. The van der Waals surface area contributed by atoms with E-state index in [1.165, 1.54) is 0 Å². The minimum absolute atomic E-state index is 0.341. The lowest BCUT2D eigenvalue weighted by Crippen LogP contribution is -2.32. The highest BCUT2D eigenvalue weighted by molar-refractivity contribution is 5.92. The third kappa shape index (κ3) is 5.24. The van der Waals surface area contributed by atoms with Crippen LogP contribution in [0.3, 0.4) is 0 Å². The maximum atomic E-state index is 4.52. The second kappa shape index (κ2) is 9.90. The number of rotatable bonds is 9. The fraction of sp³-hybridized carbons (Fsp3) is 0.333. The van der Waals surface area contributed by atoms with Crippen molar-refractivity contribution < 1.29 is 0 Å². The summed E-state index contributed by atoms with van der Waals surface area (Å²) >= 11 is 0. The number of fused-ring (bicyclic) bond motifs is 1. The number of nitrogens with zero attached hydrogens (tertiary/aromatic N) is 3. The van der Waals surface area contributed by atoms with Gasteiger partial charge in [0.05, 0.1) is 17.8 Å². The molecule has 0 aliphatic carbocycles. The number of pyridine rings is 1. The molecule has 0 saturated carbocycles. The van der Waals surface area contributed by atoms with Gasteiger partial charge in [0.2, 0.25) is 0 Å². The second-order valence-corrected chi connectivity index (χ2v) is 7.26. The zero-order valence-corrected chi connectivity index (χ0v) is 17.5. The summed E-state index contributed by atoms with van der Waals surface area (Å²) in [5.41, 5.74) is 4.93. The molecule has 150 valence electrons. The van der Waals surface area contributed by atoms with Crippen molar-refractivity contribution >= 4 is 16.6 Å². The van der Waals surface area contributed by atoms with Crippen molar-refractivity contribution in [3.8, 4) is 23.0 Å². The van der Waals surface area contributed by atoms with Crippen molar-refractivity contribution in [3.05, 3.63) is 55.0 Å². The van der Waals surface area contributed by atoms with Crippen LogP contribution in [0.1, 0.15) is 32.4 Å². The van der Waals surface area contributed by atoms with Gasteiger partial charge < -0.3 is 5.32 Å². The molecule has 2 heterocycles. The van der Waals surface area contributed by atoms with Crippen LogP contribution in [-0.2, 0) is 0 Å². The van der Waals surface area contributed by atoms with Gasteiger partial charge in [0.25, 0.3) is 0 Å². The number of nitrogens with one attached hydrogen (secondary N) is 2. The molecule has 0 radical (unpaired) electrons. The molecule has 0 spiro atoms. The van der Waals surface area contributed by atoms with Gasteiger partial charge in [-0.1, -0.05) is 31.6 Å². The van der Waals surface area contributed by atoms with E-state index in [9.17, 15) is 0 Å². The fourth-order valence-electron chi connectivity index (χ4n) is 3.32. The van der Waals surface area contributed by atoms with Crippen molar-refractivity contribution in [2.75, 3.05) is 20.1 Å². The Balaban J connectivity index is 1.73. The molecule has 1 aromatic carbocycles. The molecule has 1 unspecified atom stereocenters. The van der Waals surface area contributed by atoms with E-state index in [2.05, 4.69) is 82.1 Å². The number of hydrogen-bond donors (Lipinski definition) is 2. The van der Waals surface area contributed by atoms with E-state index in [0.717, 1.165) is 59.4 Å². The van der Waals surface area contributed by atoms with Crippen molar-refractivity contribution in [1.82, 2.24) is 25.4 Å². The highest BCUT2D eigenvalue weighted by atomic mass is 15.1. The molecule has 0 aliphatic heterocycles. The zero-order valence-electron chi connectivity index (χ0n) is 17.5. The van der Waals surface area contributed by atoms with Crippen LogP contribution in [0, 0.1) is 11.8 Å². The van der Waals surface area contributed by atoms with Gasteiger partial charge in [-0.05, 0) is 50.6 Å². The molecule has 2 N–H and O–H groups in total. The summed E-state index contributed by atoms with van der Waals surface area (Å²) in [5.74, 6) is 6.06. The van der Waals surface area contributed by atoms with Gasteiger partial charge in [-0.25, -0.2) is 0 Å². The first kappa shape index (κ1) is 20.6. The normalized spacial score (nSPS) is 11.9. The van der Waals surface area contributed by atoms with E-state index >= 15 is 0 Å². The van der Waals surface area contributed by atoms with Crippen LogP contribution in [-0.4, -0.2) is 46.3 Å². The monoisotopic (exact) mass is 387 g/mol. The van der Waals surface area contributed by atoms with Gasteiger partial charge in [-0.15, -0.1) is 5.92 Å². The molecule has 0 saturated heterocycles. The van der Waals surface area contributed by atoms with Gasteiger partial charge in [0.15, 0.2) is 0 Å². The highest BCUT2D eigenvalue weighted by Gasteiger charge is 2.14. The van der Waals surface area contributed by atoms with Crippen molar-refractivity contribution in [2.45, 2.75) is 32.7 Å². The summed E-state index contributed by atoms with van der Waals surface area (Å²) in [6.45, 7) is 10.1. The van der Waals surface area contributed by atoms with Gasteiger partial charge in [-0.3, -0.25) is 15.0 Å². The minimum atomic E-state index is 0.341. The number of benzene rings is 1. The van der Waals surface area contributed by atoms with Gasteiger partial charge in [0.1, 0.15) is 5.69 Å². The summed E-state index contributed by atoms with van der Waals surface area (Å²) in [4.78, 5) is 6.47. The summed E-state index contributed by atoms with van der Waals surface area (Å²) in [5, 5.41) is 12.3. The molecule has 1 atom stereocenters. The summed E-state index contributed by atoms with van der Waals surface area (Å²) in [7, 11) is 2.10. The third-order valence-electron chi connectivity index (χ3n) is 5.10. The van der Waals surface area contributed by atoms with E-state index in [-0.39, 0.29) is 0 Å². The number of hydrogen-bond acceptors (Lipinski definition) is 4. The summed E-state index contributed by atoms with van der Waals surface area (Å²) in [6, 6.07) is 10.6. The van der Waals surface area contributed by atoms with Crippen molar-refractivity contribution in [3.63, 3.8) is 0 Å². The van der Waals surface area contributed by atoms with Crippen molar-refractivity contribution in [1.29, 1.82) is 0 Å². The lowest BCUT2D eigenvalue weighted by molar-refractivity contribution is 0.343. The SMILES string of the molecule is C=C(NC(CC)CCN(C)CC#CC)c1n[nH]c2ccc(-c3cccnc3)cc12. The largest absolute Gasteiger partial charge is 0.381 e. The molecular formula is C24H29N5. The maximum absolute atomic E-state index is 4.52. The molecule has 5 nitrogen and oxygen atoms in total. The molecule has 29 heavy (non-hydrogen) atoms. The molecular weight excluding hydrogens is 358 g/mol. The quantitative estimate of drug-likeness (QED) is 0.537. The van der Waals surface area contributed by atoms with Crippen LogP contribution in [0.15, 0.2) is 49.3 Å². The van der Waals surface area contributed by atoms with Gasteiger partial charge in [0, 0.05) is 35.9 Å². The predicted molar refractivity (Wildman–Crippen MR) is 121 cm³/mol. The van der Waals surface area contributed by atoms with Crippen LogP contribution in [0.2, 0.25) is 0 Å². The minimum Gasteiger partial charge on any atom is -0.381 e. The van der Waals surface area contributed by atoms with Crippen LogP contribution in [0.25, 0.3) is 27.7 Å². The lowest BCUT2D eigenvalue weighted by Gasteiger charge is -2.22. The summed E-state index contributed by atoms with van der Waals surface area (Å²) in [6.07, 6.45) is 5.71. The van der Waals surface area contributed by atoms with E-state index in [1.807, 2.05) is 19.2 Å². The van der Waals surface area contributed by atoms with E-state index in [0.29, 0.717) is 6.04 Å². The fourth-order valence-corrected chi connectivity index (χ4v) is 3.32. The molecule has 3 aromatic rings. The van der Waals surface area contributed by atoms with E-state index < -0.39 is 0 Å². The molecule has 3 rings (SSSR count). The average Bonchev–Trinajstić information content (AvgIpc) is 3.19. The highest BCUT2D eigenvalue weighted by Crippen LogP contribution is 2.27. The Hall–Kier alpha value is -3.10. The second-order valence-electron chi connectivity index (χ2n) is 7.26. The standard InChI is InChI=1S/C24H29N5/c1-5-7-14-29(4)15-12-21(6-2)26-18(3)24-22-16-19(10-11-23(22)27-28-24)20-9-8-13-25-17-20/h8-11,13,16-17,21,26H,3,6,12,14-15H2,1-2,4H3,(H,27,28). The summed E-state index contributed by atoms with van der Waals surface area (Å²) < 4.78 is 0. The van der Waals surface area contributed by atoms with E-state index in [1.54, 1.807) is 6.20 Å². The smallest absolute Gasteiger partial charge is 0.115 e. The van der Waals surface area contributed by atoms with Gasteiger partial charge >= 0.3 is 0 Å².